The molecule has 1 aliphatic rings. The van der Waals surface area contributed by atoms with Crippen LogP contribution in [0, 0.1) is 0 Å². The number of hydrogen-bond donors (Lipinski definition) is 1. The average Bonchev–Trinajstić information content (AvgIpc) is 2.34. The summed E-state index contributed by atoms with van der Waals surface area (Å²) < 4.78 is 0. The fourth-order valence-electron chi connectivity index (χ4n) is 0.643. The molecular weight excluding hydrogens is 184 g/mol. The van der Waals surface area contributed by atoms with Crippen LogP contribution in [0.25, 0.3) is 0 Å². The van der Waals surface area contributed by atoms with Gasteiger partial charge in [-0.15, -0.1) is 12.4 Å². The average molecular weight is 195 g/mol. The van der Waals surface area contributed by atoms with E-state index in [1.807, 2.05) is 0 Å². The van der Waals surface area contributed by atoms with Crippen molar-refractivity contribution in [2.24, 2.45) is 4.99 Å². The molecular formula is C6H11ClN2OS. The Morgan fingerprint density at radius 1 is 1.82 bits per heavy atom. The maximum atomic E-state index is 10.5. The number of thioether (sulfide) groups is 1. The summed E-state index contributed by atoms with van der Waals surface area (Å²) in [5.41, 5.74) is 0. The molecule has 0 aliphatic carbocycles. The van der Waals surface area contributed by atoms with E-state index >= 15 is 0 Å². The molecule has 0 fully saturated rings. The molecule has 0 unspecified atom stereocenters. The number of carbonyl (C=O) groups excluding carboxylic acids is 1. The van der Waals surface area contributed by atoms with Crippen molar-refractivity contribution in [3.8, 4) is 0 Å². The summed E-state index contributed by atoms with van der Waals surface area (Å²) in [7, 11) is 0. The summed E-state index contributed by atoms with van der Waals surface area (Å²) in [5.74, 6) is 0.729. The molecule has 0 saturated carbocycles. The monoisotopic (exact) mass is 194 g/mol. The number of nitrogens with one attached hydrogen (secondary N) is 1. The molecule has 1 heterocycles. The first-order chi connectivity index (χ1) is 4.79. The molecule has 1 aliphatic heterocycles. The number of aliphatic imine (C=N–C) groups is 1. The highest BCUT2D eigenvalue weighted by Crippen LogP contribution is 2.04. The third-order valence-electron chi connectivity index (χ3n) is 1.06. The largest absolute Gasteiger partial charge is 0.363 e. The molecule has 1 rings (SSSR count). The van der Waals surface area contributed by atoms with Gasteiger partial charge in [0.05, 0.1) is 12.3 Å². The maximum Gasteiger partial charge on any atom is 0.157 e. The van der Waals surface area contributed by atoms with Crippen LogP contribution >= 0.6 is 24.2 Å². The minimum atomic E-state index is 0. The second-order valence-electron chi connectivity index (χ2n) is 2.10. The highest BCUT2D eigenvalue weighted by atomic mass is 35.5. The predicted octanol–water partition coefficient (Wildman–Crippen LogP) is 0.690. The molecule has 0 spiro atoms. The van der Waals surface area contributed by atoms with E-state index in [4.69, 9.17) is 0 Å². The van der Waals surface area contributed by atoms with Crippen molar-refractivity contribution in [1.29, 1.82) is 0 Å². The second kappa shape index (κ2) is 5.43. The Morgan fingerprint density at radius 3 is 3.00 bits per heavy atom. The fourth-order valence-corrected chi connectivity index (χ4v) is 1.37. The molecule has 0 bridgehead atoms. The van der Waals surface area contributed by atoms with Crippen molar-refractivity contribution < 1.29 is 4.79 Å². The van der Waals surface area contributed by atoms with E-state index in [1.54, 1.807) is 6.92 Å². The van der Waals surface area contributed by atoms with Crippen LogP contribution < -0.4 is 5.32 Å². The predicted molar refractivity (Wildman–Crippen MR) is 50.7 cm³/mol. The van der Waals surface area contributed by atoms with E-state index in [0.717, 1.165) is 18.3 Å². The molecule has 0 saturated heterocycles. The highest BCUT2D eigenvalue weighted by molar-refractivity contribution is 8.14. The van der Waals surface area contributed by atoms with E-state index in [2.05, 4.69) is 10.3 Å². The van der Waals surface area contributed by atoms with E-state index in [0.29, 0.717) is 5.75 Å². The molecule has 5 heteroatoms. The van der Waals surface area contributed by atoms with Gasteiger partial charge in [0.1, 0.15) is 5.78 Å². The summed E-state index contributed by atoms with van der Waals surface area (Å²) >= 11 is 1.48. The minimum absolute atomic E-state index is 0. The molecule has 11 heavy (non-hydrogen) atoms. The van der Waals surface area contributed by atoms with E-state index in [9.17, 15) is 4.79 Å². The van der Waals surface area contributed by atoms with Gasteiger partial charge in [-0.1, -0.05) is 11.8 Å². The van der Waals surface area contributed by atoms with Crippen molar-refractivity contribution in [3.63, 3.8) is 0 Å². The van der Waals surface area contributed by atoms with Crippen LogP contribution in [0.15, 0.2) is 4.99 Å². The van der Waals surface area contributed by atoms with Crippen LogP contribution in [0.2, 0.25) is 0 Å². The molecule has 0 radical (unpaired) electrons. The van der Waals surface area contributed by atoms with Gasteiger partial charge in [-0.05, 0) is 6.92 Å². The standard InChI is InChI=1S/C6H10N2OS.ClH/c1-5(9)4-10-6-7-2-3-8-6;/h2-4H2,1H3,(H,7,8);1H. The number of halogens is 1. The number of amidine groups is 1. The maximum absolute atomic E-state index is 10.5. The normalized spacial score (nSPS) is 14.8. The van der Waals surface area contributed by atoms with Crippen LogP contribution in [0.4, 0.5) is 0 Å². The molecule has 0 aromatic carbocycles. The Balaban J connectivity index is 0.000001000. The summed E-state index contributed by atoms with van der Waals surface area (Å²) in [4.78, 5) is 14.6. The molecule has 3 nitrogen and oxygen atoms in total. The zero-order valence-corrected chi connectivity index (χ0v) is 7.93. The lowest BCUT2D eigenvalue weighted by atomic mass is 10.5. The van der Waals surface area contributed by atoms with Gasteiger partial charge in [-0.25, -0.2) is 0 Å². The van der Waals surface area contributed by atoms with E-state index in [1.165, 1.54) is 11.8 Å². The minimum Gasteiger partial charge on any atom is -0.363 e. The number of hydrogen-bond acceptors (Lipinski definition) is 4. The molecule has 0 amide bonds. The zero-order valence-electron chi connectivity index (χ0n) is 6.29. The van der Waals surface area contributed by atoms with Gasteiger partial charge in [-0.2, -0.15) is 0 Å². The first-order valence-corrected chi connectivity index (χ1v) is 4.18. The van der Waals surface area contributed by atoms with Gasteiger partial charge in [0.25, 0.3) is 0 Å². The van der Waals surface area contributed by atoms with Gasteiger partial charge in [-0.3, -0.25) is 9.79 Å². The molecule has 64 valence electrons. The molecule has 0 aromatic rings. The van der Waals surface area contributed by atoms with Gasteiger partial charge in [0.15, 0.2) is 5.17 Å². The Hall–Kier alpha value is -0.220. The quantitative estimate of drug-likeness (QED) is 0.704. The van der Waals surface area contributed by atoms with Crippen molar-refractivity contribution >= 4 is 35.1 Å². The summed E-state index contributed by atoms with van der Waals surface area (Å²) in [6.07, 6.45) is 0. The van der Waals surface area contributed by atoms with Crippen LogP contribution in [0.1, 0.15) is 6.92 Å². The van der Waals surface area contributed by atoms with Gasteiger partial charge >= 0.3 is 0 Å². The number of ketones is 1. The third kappa shape index (κ3) is 4.27. The fraction of sp³-hybridized carbons (Fsp3) is 0.667. The van der Waals surface area contributed by atoms with Crippen LogP contribution in [0.3, 0.4) is 0 Å². The Labute approximate surface area is 76.4 Å². The summed E-state index contributed by atoms with van der Waals surface area (Å²) in [5, 5.41) is 3.98. The summed E-state index contributed by atoms with van der Waals surface area (Å²) in [6, 6.07) is 0. The molecule has 0 atom stereocenters. The van der Waals surface area contributed by atoms with E-state index in [-0.39, 0.29) is 18.2 Å². The number of rotatable bonds is 2. The number of carbonyl (C=O) groups is 1. The van der Waals surface area contributed by atoms with Crippen molar-refractivity contribution in [2.75, 3.05) is 18.8 Å². The SMILES string of the molecule is CC(=O)CSC1=NCCN1.Cl. The van der Waals surface area contributed by atoms with Crippen molar-refractivity contribution in [2.45, 2.75) is 6.92 Å². The Morgan fingerprint density at radius 2 is 2.55 bits per heavy atom. The first kappa shape index (κ1) is 10.8. The zero-order chi connectivity index (χ0) is 7.40. The second-order valence-corrected chi connectivity index (χ2v) is 3.07. The lowest BCUT2D eigenvalue weighted by Gasteiger charge is -1.96. The van der Waals surface area contributed by atoms with Crippen LogP contribution in [-0.2, 0) is 4.79 Å². The van der Waals surface area contributed by atoms with Crippen LogP contribution in [-0.4, -0.2) is 29.8 Å². The molecule has 1 N–H and O–H groups in total. The van der Waals surface area contributed by atoms with Gasteiger partial charge in [0, 0.05) is 6.54 Å². The van der Waals surface area contributed by atoms with Crippen molar-refractivity contribution in [3.05, 3.63) is 0 Å². The Kier molecular flexibility index (Phi) is 5.32. The van der Waals surface area contributed by atoms with E-state index < -0.39 is 0 Å². The smallest absolute Gasteiger partial charge is 0.157 e. The third-order valence-corrected chi connectivity index (χ3v) is 2.15. The number of nitrogens with zero attached hydrogens (tertiary/aromatic N) is 1. The highest BCUT2D eigenvalue weighted by Gasteiger charge is 2.05. The first-order valence-electron chi connectivity index (χ1n) is 3.19. The summed E-state index contributed by atoms with van der Waals surface area (Å²) in [6.45, 7) is 3.35. The lowest BCUT2D eigenvalue weighted by Crippen LogP contribution is -2.16. The Bertz CT molecular complexity index is 172. The molecule has 0 aromatic heterocycles. The van der Waals surface area contributed by atoms with Gasteiger partial charge in [0.2, 0.25) is 0 Å². The van der Waals surface area contributed by atoms with Gasteiger partial charge < -0.3 is 5.32 Å². The topological polar surface area (TPSA) is 41.5 Å². The van der Waals surface area contributed by atoms with Crippen molar-refractivity contribution in [1.82, 2.24) is 5.32 Å². The number of Topliss-reactive ketones (excluding diaryl/α,β-unsaturated/α-hetero) is 1. The van der Waals surface area contributed by atoms with Crippen LogP contribution in [0.5, 0.6) is 0 Å². The lowest BCUT2D eigenvalue weighted by molar-refractivity contribution is -0.114.